The fraction of sp³-hybridized carbons (Fsp3) is 0.833. The van der Waals surface area contributed by atoms with Gasteiger partial charge in [-0.2, -0.15) is 0 Å². The summed E-state index contributed by atoms with van der Waals surface area (Å²) in [4.78, 5) is 26.2. The van der Waals surface area contributed by atoms with Crippen molar-refractivity contribution in [1.29, 1.82) is 0 Å². The summed E-state index contributed by atoms with van der Waals surface area (Å²) in [6.45, 7) is 2.50. The molecule has 2 aliphatic rings. The predicted octanol–water partition coefficient (Wildman–Crippen LogP) is 1.39. The number of carboxylic acid groups (broad SMARTS) is 1. The number of rotatable bonds is 4. The molecule has 1 saturated carbocycles. The van der Waals surface area contributed by atoms with Gasteiger partial charge in [0.2, 0.25) is 0 Å². The smallest absolute Gasteiger partial charge is 0.320 e. The Balaban J connectivity index is 2.00. The second-order valence-corrected chi connectivity index (χ2v) is 5.25. The van der Waals surface area contributed by atoms with Crippen LogP contribution in [-0.4, -0.2) is 52.6 Å². The maximum absolute atomic E-state index is 12.0. The van der Waals surface area contributed by atoms with Crippen LogP contribution in [0, 0.1) is 5.92 Å². The first-order valence-electron chi connectivity index (χ1n) is 6.26. The molecule has 1 heterocycles. The van der Waals surface area contributed by atoms with Crippen molar-refractivity contribution >= 4 is 12.0 Å². The monoisotopic (exact) mass is 240 g/mol. The number of aliphatic carboxylic acids is 1. The van der Waals surface area contributed by atoms with Crippen molar-refractivity contribution in [2.75, 3.05) is 13.6 Å². The predicted molar refractivity (Wildman–Crippen MR) is 62.7 cm³/mol. The molecule has 17 heavy (non-hydrogen) atoms. The highest BCUT2D eigenvalue weighted by molar-refractivity contribution is 5.78. The van der Waals surface area contributed by atoms with E-state index in [0.29, 0.717) is 12.5 Å². The molecule has 2 fully saturated rings. The average molecular weight is 240 g/mol. The highest BCUT2D eigenvalue weighted by Gasteiger charge is 2.42. The van der Waals surface area contributed by atoms with Gasteiger partial charge in [-0.1, -0.05) is 6.42 Å². The van der Waals surface area contributed by atoms with E-state index in [1.165, 1.54) is 19.3 Å². The van der Waals surface area contributed by atoms with Crippen LogP contribution in [0.25, 0.3) is 0 Å². The quantitative estimate of drug-likeness (QED) is 0.807. The van der Waals surface area contributed by atoms with E-state index in [2.05, 4.69) is 0 Å². The van der Waals surface area contributed by atoms with Gasteiger partial charge in [-0.05, 0) is 25.7 Å². The first kappa shape index (κ1) is 12.2. The van der Waals surface area contributed by atoms with Gasteiger partial charge in [0.1, 0.15) is 0 Å². The van der Waals surface area contributed by atoms with Crippen molar-refractivity contribution in [3.63, 3.8) is 0 Å². The topological polar surface area (TPSA) is 60.9 Å². The molecule has 2 rings (SSSR count). The number of carbonyl (C=O) groups is 2. The standard InChI is InChI=1S/C12H20N2O3/c1-8(6-11(15)16)14-7-10(9-4-3-5-9)13(2)12(14)17/h8-10H,3-7H2,1-2H3,(H,15,16). The first-order valence-corrected chi connectivity index (χ1v) is 6.26. The van der Waals surface area contributed by atoms with Gasteiger partial charge in [-0.25, -0.2) is 4.79 Å². The van der Waals surface area contributed by atoms with Gasteiger partial charge in [-0.3, -0.25) is 4.79 Å². The molecule has 2 amide bonds. The third-order valence-electron chi connectivity index (χ3n) is 4.12. The molecule has 1 N–H and O–H groups in total. The van der Waals surface area contributed by atoms with E-state index in [9.17, 15) is 9.59 Å². The number of urea groups is 1. The van der Waals surface area contributed by atoms with Crippen LogP contribution >= 0.6 is 0 Å². The number of amides is 2. The van der Waals surface area contributed by atoms with Gasteiger partial charge in [0.05, 0.1) is 12.5 Å². The molecule has 1 aliphatic heterocycles. The molecule has 2 unspecified atom stereocenters. The van der Waals surface area contributed by atoms with Crippen LogP contribution in [-0.2, 0) is 4.79 Å². The van der Waals surface area contributed by atoms with Crippen molar-refractivity contribution in [3.8, 4) is 0 Å². The molecule has 5 nitrogen and oxygen atoms in total. The second-order valence-electron chi connectivity index (χ2n) is 5.25. The lowest BCUT2D eigenvalue weighted by Gasteiger charge is -2.34. The van der Waals surface area contributed by atoms with Crippen LogP contribution < -0.4 is 0 Å². The van der Waals surface area contributed by atoms with Crippen LogP contribution in [0.5, 0.6) is 0 Å². The fourth-order valence-corrected chi connectivity index (χ4v) is 2.77. The van der Waals surface area contributed by atoms with E-state index >= 15 is 0 Å². The van der Waals surface area contributed by atoms with Crippen LogP contribution in [0.3, 0.4) is 0 Å². The van der Waals surface area contributed by atoms with Gasteiger partial charge >= 0.3 is 12.0 Å². The van der Waals surface area contributed by atoms with Gasteiger partial charge in [-0.15, -0.1) is 0 Å². The molecule has 0 aromatic heterocycles. The molecule has 5 heteroatoms. The Bertz CT molecular complexity index is 328. The average Bonchev–Trinajstić information content (AvgIpc) is 2.43. The summed E-state index contributed by atoms with van der Waals surface area (Å²) < 4.78 is 0. The third-order valence-corrected chi connectivity index (χ3v) is 4.12. The number of hydrogen-bond acceptors (Lipinski definition) is 2. The van der Waals surface area contributed by atoms with E-state index in [1.54, 1.807) is 9.80 Å². The molecule has 0 radical (unpaired) electrons. The van der Waals surface area contributed by atoms with E-state index < -0.39 is 5.97 Å². The van der Waals surface area contributed by atoms with Gasteiger partial charge < -0.3 is 14.9 Å². The Kier molecular flexibility index (Phi) is 3.26. The number of likely N-dealkylation sites (N-methyl/N-ethyl adjacent to an activating group) is 1. The number of carboxylic acids is 1. The zero-order valence-corrected chi connectivity index (χ0v) is 10.4. The highest BCUT2D eigenvalue weighted by atomic mass is 16.4. The minimum absolute atomic E-state index is 0.0179. The zero-order chi connectivity index (χ0) is 12.6. The van der Waals surface area contributed by atoms with Crippen LogP contribution in [0.1, 0.15) is 32.6 Å². The van der Waals surface area contributed by atoms with Crippen LogP contribution in [0.4, 0.5) is 4.79 Å². The van der Waals surface area contributed by atoms with Crippen molar-refractivity contribution < 1.29 is 14.7 Å². The summed E-state index contributed by atoms with van der Waals surface area (Å²) in [7, 11) is 1.83. The van der Waals surface area contributed by atoms with Crippen LogP contribution in [0.2, 0.25) is 0 Å². The molecule has 0 aromatic rings. The summed E-state index contributed by atoms with van der Waals surface area (Å²) in [5, 5.41) is 8.78. The summed E-state index contributed by atoms with van der Waals surface area (Å²) in [5.41, 5.74) is 0. The molecule has 1 aliphatic carbocycles. The number of carbonyl (C=O) groups excluding carboxylic acids is 1. The lowest BCUT2D eigenvalue weighted by atomic mass is 9.79. The Morgan fingerprint density at radius 3 is 2.65 bits per heavy atom. The van der Waals surface area contributed by atoms with Crippen molar-refractivity contribution in [3.05, 3.63) is 0 Å². The Morgan fingerprint density at radius 2 is 2.18 bits per heavy atom. The molecule has 2 atom stereocenters. The van der Waals surface area contributed by atoms with E-state index in [1.807, 2.05) is 14.0 Å². The summed E-state index contributed by atoms with van der Waals surface area (Å²) in [5.74, 6) is -0.231. The van der Waals surface area contributed by atoms with Crippen molar-refractivity contribution in [1.82, 2.24) is 9.80 Å². The number of hydrogen-bond donors (Lipinski definition) is 1. The minimum Gasteiger partial charge on any atom is -0.481 e. The normalized spacial score (nSPS) is 27.2. The zero-order valence-electron chi connectivity index (χ0n) is 10.4. The number of nitrogens with zero attached hydrogens (tertiary/aromatic N) is 2. The van der Waals surface area contributed by atoms with Gasteiger partial charge in [0.25, 0.3) is 0 Å². The molecule has 0 aromatic carbocycles. The summed E-state index contributed by atoms with van der Waals surface area (Å²) in [6.07, 6.45) is 3.68. The summed E-state index contributed by atoms with van der Waals surface area (Å²) in [6, 6.07) is 0.0515. The molecular formula is C12H20N2O3. The maximum atomic E-state index is 12.0. The Labute approximate surface area is 101 Å². The second kappa shape index (κ2) is 4.55. The molecule has 1 saturated heterocycles. The van der Waals surface area contributed by atoms with E-state index in [-0.39, 0.29) is 24.5 Å². The first-order chi connectivity index (χ1) is 8.00. The highest BCUT2D eigenvalue weighted by Crippen LogP contribution is 2.35. The van der Waals surface area contributed by atoms with E-state index in [0.717, 1.165) is 0 Å². The molecule has 0 bridgehead atoms. The minimum atomic E-state index is -0.847. The SMILES string of the molecule is CC(CC(=O)O)N1CC(C2CCC2)N(C)C1=O. The van der Waals surface area contributed by atoms with Crippen molar-refractivity contribution in [2.24, 2.45) is 5.92 Å². The van der Waals surface area contributed by atoms with E-state index in [4.69, 9.17) is 5.11 Å². The lowest BCUT2D eigenvalue weighted by molar-refractivity contribution is -0.137. The Morgan fingerprint density at radius 1 is 1.53 bits per heavy atom. The molecule has 0 spiro atoms. The largest absolute Gasteiger partial charge is 0.481 e. The van der Waals surface area contributed by atoms with Gasteiger partial charge in [0.15, 0.2) is 0 Å². The molecular weight excluding hydrogens is 220 g/mol. The maximum Gasteiger partial charge on any atom is 0.320 e. The Hall–Kier alpha value is -1.26. The van der Waals surface area contributed by atoms with Crippen molar-refractivity contribution in [2.45, 2.75) is 44.7 Å². The van der Waals surface area contributed by atoms with Crippen LogP contribution in [0.15, 0.2) is 0 Å². The summed E-state index contributed by atoms with van der Waals surface area (Å²) >= 11 is 0. The van der Waals surface area contributed by atoms with Gasteiger partial charge in [0, 0.05) is 19.6 Å². The lowest BCUT2D eigenvalue weighted by Crippen LogP contribution is -2.39. The fourth-order valence-electron chi connectivity index (χ4n) is 2.77. The third kappa shape index (κ3) is 2.23. The molecule has 96 valence electrons.